The van der Waals surface area contributed by atoms with E-state index in [1.807, 2.05) is 0 Å². The molecule has 0 aromatic heterocycles. The number of ether oxygens (including phenoxy) is 2. The van der Waals surface area contributed by atoms with Crippen molar-refractivity contribution >= 4 is 11.9 Å². The van der Waals surface area contributed by atoms with Gasteiger partial charge >= 0.3 is 11.9 Å². The van der Waals surface area contributed by atoms with Crippen LogP contribution in [0, 0.1) is 0 Å². The van der Waals surface area contributed by atoms with Crippen LogP contribution in [0.5, 0.6) is 0 Å². The molecule has 0 bridgehead atoms. The average Bonchev–Trinajstić information content (AvgIpc) is 2.30. The summed E-state index contributed by atoms with van der Waals surface area (Å²) in [5.74, 6) is -0.981. The summed E-state index contributed by atoms with van der Waals surface area (Å²) in [6, 6.07) is 0. The van der Waals surface area contributed by atoms with Crippen molar-refractivity contribution in [2.75, 3.05) is 28.1 Å². The highest BCUT2D eigenvalue weighted by atomic mass is 19.1. The van der Waals surface area contributed by atoms with E-state index in [1.54, 1.807) is 6.92 Å². The number of rotatable bonds is 2. The molecule has 0 saturated heterocycles. The fourth-order valence-corrected chi connectivity index (χ4v) is 0.199. The summed E-state index contributed by atoms with van der Waals surface area (Å²) in [6.45, 7) is 0.725. The Labute approximate surface area is 112 Å². The second-order valence-corrected chi connectivity index (χ2v) is 1.64. The van der Waals surface area contributed by atoms with E-state index in [2.05, 4.69) is 9.47 Å². The third-order valence-corrected chi connectivity index (χ3v) is 0.853. The molecule has 0 aromatic rings. The fourth-order valence-electron chi connectivity index (χ4n) is 0.199. The van der Waals surface area contributed by atoms with Crippen LogP contribution in [0.1, 0.15) is 43.1 Å². The summed E-state index contributed by atoms with van der Waals surface area (Å²) in [6.07, 6.45) is 0.469. The van der Waals surface area contributed by atoms with Gasteiger partial charge in [-0.05, 0) is 0 Å². The molecule has 4 nitrogen and oxygen atoms in total. The van der Waals surface area contributed by atoms with Crippen molar-refractivity contribution in [3.63, 3.8) is 0 Å². The lowest BCUT2D eigenvalue weighted by Gasteiger charge is -1.87. The Balaban J connectivity index is -0.0000000197. The summed E-state index contributed by atoms with van der Waals surface area (Å²) in [5, 5.41) is 0. The Bertz CT molecular complexity index is 114. The quantitative estimate of drug-likeness (QED) is 0.720. The topological polar surface area (TPSA) is 52.6 Å². The lowest BCUT2D eigenvalue weighted by molar-refractivity contribution is -0.141. The van der Waals surface area contributed by atoms with Gasteiger partial charge in [-0.15, -0.1) is 0 Å². The highest BCUT2D eigenvalue weighted by Crippen LogP contribution is 1.76. The van der Waals surface area contributed by atoms with E-state index in [0.717, 1.165) is 7.11 Å². The smallest absolute Gasteiger partial charge is 0.337 e. The van der Waals surface area contributed by atoms with Crippen LogP contribution < -0.4 is 0 Å². The van der Waals surface area contributed by atoms with Crippen LogP contribution in [0.25, 0.3) is 0 Å². The van der Waals surface area contributed by atoms with Gasteiger partial charge in [0.25, 0.3) is 0 Å². The number of carbonyl (C=O) groups is 2. The molecule has 0 rings (SSSR count). The average molecular weight is 278 g/mol. The van der Waals surface area contributed by atoms with Crippen molar-refractivity contribution in [3.05, 3.63) is 0 Å². The Kier molecular flexibility index (Phi) is 108. The number of halogens is 2. The van der Waals surface area contributed by atoms with E-state index in [0.29, 0.717) is 13.6 Å². The maximum atomic E-state index is 10.9. The molecule has 0 aliphatic carbocycles. The van der Waals surface area contributed by atoms with Crippen LogP contribution in [0.4, 0.5) is 8.78 Å². The van der Waals surface area contributed by atoms with Gasteiger partial charge < -0.3 is 9.47 Å². The van der Waals surface area contributed by atoms with Crippen LogP contribution in [0.2, 0.25) is 0 Å². The predicted molar refractivity (Wildman–Crippen MR) is 74.3 cm³/mol. The number of esters is 2. The van der Waals surface area contributed by atoms with Gasteiger partial charge in [0.2, 0.25) is 0 Å². The van der Waals surface area contributed by atoms with Crippen molar-refractivity contribution in [1.29, 1.82) is 0 Å². The SMILES string of the molecule is C.C.C.C.CCC(=O)OC.CF.COC(=O)CF. The van der Waals surface area contributed by atoms with Gasteiger partial charge in [0.15, 0.2) is 6.67 Å². The monoisotopic (exact) mass is 278 g/mol. The molecule has 0 fully saturated rings. The van der Waals surface area contributed by atoms with Gasteiger partial charge in [-0.2, -0.15) is 0 Å². The summed E-state index contributed by atoms with van der Waals surface area (Å²) in [4.78, 5) is 19.5. The second kappa shape index (κ2) is 44.7. The Morgan fingerprint density at radius 3 is 1.17 bits per heavy atom. The van der Waals surface area contributed by atoms with Gasteiger partial charge in [0, 0.05) is 6.42 Å². The summed E-state index contributed by atoms with van der Waals surface area (Å²) in [5.41, 5.74) is 0. The number of carbonyl (C=O) groups excluding carboxylic acids is 2. The first-order valence-electron chi connectivity index (χ1n) is 3.69. The van der Waals surface area contributed by atoms with Gasteiger partial charge in [0.05, 0.1) is 21.4 Å². The zero-order valence-electron chi connectivity index (χ0n) is 8.80. The lowest BCUT2D eigenvalue weighted by Crippen LogP contribution is -2.00. The van der Waals surface area contributed by atoms with Crippen molar-refractivity contribution in [2.24, 2.45) is 0 Å². The normalized spacial score (nSPS) is 5.44. The molecule has 0 unspecified atom stereocenters. The van der Waals surface area contributed by atoms with Gasteiger partial charge in [0.1, 0.15) is 0 Å². The van der Waals surface area contributed by atoms with E-state index in [4.69, 9.17) is 0 Å². The third-order valence-electron chi connectivity index (χ3n) is 0.853. The summed E-state index contributed by atoms with van der Waals surface area (Å²) in [7, 11) is 3.02. The zero-order valence-corrected chi connectivity index (χ0v) is 8.80. The van der Waals surface area contributed by atoms with Crippen LogP contribution in [-0.2, 0) is 19.1 Å². The number of hydrogen-bond donors (Lipinski definition) is 0. The first kappa shape index (κ1) is 43.7. The molecule has 118 valence electrons. The first-order valence-corrected chi connectivity index (χ1v) is 3.69. The van der Waals surface area contributed by atoms with Crippen molar-refractivity contribution in [2.45, 2.75) is 43.1 Å². The molecule has 0 spiro atoms. The molecule has 0 saturated carbocycles. The minimum Gasteiger partial charge on any atom is -0.469 e. The maximum absolute atomic E-state index is 10.9. The zero-order chi connectivity index (χ0) is 12.0. The van der Waals surface area contributed by atoms with Crippen LogP contribution in [-0.4, -0.2) is 40.0 Å². The molecule has 0 amide bonds. The third kappa shape index (κ3) is 61.0. The molecule has 0 N–H and O–H groups in total. The molecule has 0 aromatic carbocycles. The molecule has 0 atom stereocenters. The highest BCUT2D eigenvalue weighted by molar-refractivity contribution is 5.70. The molecule has 0 radical (unpaired) electrons. The van der Waals surface area contributed by atoms with Crippen molar-refractivity contribution in [1.82, 2.24) is 0 Å². The van der Waals surface area contributed by atoms with E-state index in [1.165, 1.54) is 7.11 Å². The standard InChI is InChI=1S/C4H8O2.C3H5FO2.CH3F.4CH4/c1-3-4(5)6-2;1-6-3(5)2-4;1-2;;;;/h3H2,1-2H3;2H2,1H3;1H3;4*1H4. The first-order chi connectivity index (χ1) is 6.62. The Hall–Kier alpha value is -1.20. The maximum Gasteiger partial charge on any atom is 0.337 e. The number of hydrogen-bond acceptors (Lipinski definition) is 4. The van der Waals surface area contributed by atoms with Crippen LogP contribution in [0.15, 0.2) is 0 Å². The molecule has 18 heavy (non-hydrogen) atoms. The van der Waals surface area contributed by atoms with Crippen LogP contribution >= 0.6 is 0 Å². The molecule has 0 aliphatic heterocycles. The largest absolute Gasteiger partial charge is 0.469 e. The van der Waals surface area contributed by atoms with Crippen molar-refractivity contribution in [3.8, 4) is 0 Å². The van der Waals surface area contributed by atoms with Crippen molar-refractivity contribution < 1.29 is 27.8 Å². The molecular weight excluding hydrogens is 246 g/mol. The minimum absolute atomic E-state index is 0. The summed E-state index contributed by atoms with van der Waals surface area (Å²) >= 11 is 0. The molecule has 6 heteroatoms. The molecular formula is C12H32F2O4. The van der Waals surface area contributed by atoms with E-state index < -0.39 is 12.6 Å². The minimum atomic E-state index is -1.03. The van der Waals surface area contributed by atoms with Gasteiger partial charge in [-0.25, -0.2) is 9.18 Å². The number of methoxy groups -OCH3 is 2. The second-order valence-electron chi connectivity index (χ2n) is 1.64. The predicted octanol–water partition coefficient (Wildman–Crippen LogP) is 3.83. The van der Waals surface area contributed by atoms with E-state index in [9.17, 15) is 18.4 Å². The number of alkyl halides is 2. The van der Waals surface area contributed by atoms with E-state index >= 15 is 0 Å². The fraction of sp³-hybridized carbons (Fsp3) is 0.833. The highest BCUT2D eigenvalue weighted by Gasteiger charge is 1.91. The van der Waals surface area contributed by atoms with Crippen LogP contribution in [0.3, 0.4) is 0 Å². The van der Waals surface area contributed by atoms with Gasteiger partial charge in [-0.1, -0.05) is 36.6 Å². The lowest BCUT2D eigenvalue weighted by atomic mass is 10.5. The Morgan fingerprint density at radius 2 is 1.17 bits per heavy atom. The van der Waals surface area contributed by atoms with E-state index in [-0.39, 0.29) is 35.7 Å². The molecule has 0 aliphatic rings. The Morgan fingerprint density at radius 1 is 0.889 bits per heavy atom. The summed E-state index contributed by atoms with van der Waals surface area (Å²) < 4.78 is 28.6. The van der Waals surface area contributed by atoms with Gasteiger partial charge in [-0.3, -0.25) is 9.18 Å². The molecule has 0 heterocycles.